The number of carbonyl (C=O) groups is 2. The third-order valence-electron chi connectivity index (χ3n) is 4.49. The number of rotatable bonds is 10. The molecule has 0 atom stereocenters. The zero-order valence-corrected chi connectivity index (χ0v) is 20.8. The normalized spacial score (nSPS) is 10.7. The van der Waals surface area contributed by atoms with Crippen molar-refractivity contribution in [2.75, 3.05) is 18.5 Å². The van der Waals surface area contributed by atoms with Gasteiger partial charge in [0.1, 0.15) is 11.6 Å². The van der Waals surface area contributed by atoms with E-state index in [1.165, 1.54) is 54.7 Å². The first-order valence-electron chi connectivity index (χ1n) is 10.5. The van der Waals surface area contributed by atoms with Gasteiger partial charge in [0, 0.05) is 5.69 Å². The molecule has 35 heavy (non-hydrogen) atoms. The van der Waals surface area contributed by atoms with Crippen LogP contribution in [0.2, 0.25) is 0 Å². The summed E-state index contributed by atoms with van der Waals surface area (Å²) < 4.78 is 38.0. The molecule has 3 rings (SSSR count). The minimum atomic E-state index is -0.413. The monoisotopic (exact) mass is 593 g/mol. The zero-order chi connectivity index (χ0) is 25.2. The number of hydrogen-bond acceptors (Lipinski definition) is 5. The molecule has 10 heteroatoms. The van der Waals surface area contributed by atoms with Crippen molar-refractivity contribution in [3.63, 3.8) is 0 Å². The topological polar surface area (TPSA) is 89.0 Å². The van der Waals surface area contributed by atoms with E-state index in [9.17, 15) is 18.4 Å². The molecule has 0 aliphatic carbocycles. The second-order valence-corrected chi connectivity index (χ2v) is 8.37. The Morgan fingerprint density at radius 1 is 0.971 bits per heavy atom. The molecule has 2 amide bonds. The van der Waals surface area contributed by atoms with Crippen LogP contribution in [-0.2, 0) is 16.0 Å². The molecule has 0 radical (unpaired) electrons. The molecule has 0 aliphatic heterocycles. The van der Waals surface area contributed by atoms with E-state index in [0.717, 1.165) is 0 Å². The summed E-state index contributed by atoms with van der Waals surface area (Å²) in [6.45, 7) is 1.90. The molecule has 3 aromatic rings. The maximum Gasteiger partial charge on any atom is 0.262 e. The van der Waals surface area contributed by atoms with E-state index >= 15 is 0 Å². The molecule has 0 aliphatic rings. The smallest absolute Gasteiger partial charge is 0.262 e. The van der Waals surface area contributed by atoms with Crippen LogP contribution in [0.3, 0.4) is 0 Å². The highest BCUT2D eigenvalue weighted by Gasteiger charge is 2.14. The van der Waals surface area contributed by atoms with Crippen LogP contribution in [0.1, 0.15) is 18.1 Å². The Labute approximate surface area is 214 Å². The van der Waals surface area contributed by atoms with Crippen molar-refractivity contribution in [2.45, 2.75) is 13.3 Å². The molecular formula is C25H22F2IN3O4. The number of halogens is 3. The molecule has 2 N–H and O–H groups in total. The predicted molar refractivity (Wildman–Crippen MR) is 137 cm³/mol. The van der Waals surface area contributed by atoms with Crippen LogP contribution in [0.25, 0.3) is 0 Å². The van der Waals surface area contributed by atoms with E-state index in [2.05, 4.69) is 38.4 Å². The van der Waals surface area contributed by atoms with Crippen LogP contribution < -0.4 is 20.2 Å². The third-order valence-corrected chi connectivity index (χ3v) is 5.29. The van der Waals surface area contributed by atoms with Gasteiger partial charge >= 0.3 is 0 Å². The van der Waals surface area contributed by atoms with Gasteiger partial charge in [0.05, 0.1) is 22.8 Å². The SMILES string of the molecule is CCOc1cc(/C=N/NC(=O)Cc2ccc(F)cc2)cc(I)c1OCC(=O)Nc1ccc(F)cc1. The van der Waals surface area contributed by atoms with Crippen molar-refractivity contribution in [1.29, 1.82) is 0 Å². The molecule has 0 spiro atoms. The fraction of sp³-hybridized carbons (Fsp3) is 0.160. The number of anilines is 1. The van der Waals surface area contributed by atoms with Crippen molar-refractivity contribution in [3.05, 3.63) is 87.0 Å². The Morgan fingerprint density at radius 3 is 2.29 bits per heavy atom. The van der Waals surface area contributed by atoms with Gasteiger partial charge in [0.2, 0.25) is 5.91 Å². The van der Waals surface area contributed by atoms with E-state index < -0.39 is 11.7 Å². The van der Waals surface area contributed by atoms with Gasteiger partial charge in [-0.15, -0.1) is 0 Å². The molecular weight excluding hydrogens is 571 g/mol. The molecule has 0 saturated carbocycles. The molecule has 0 heterocycles. The number of nitrogens with one attached hydrogen (secondary N) is 2. The molecule has 0 saturated heterocycles. The number of carbonyl (C=O) groups excluding carboxylic acids is 2. The van der Waals surface area contributed by atoms with Gasteiger partial charge in [0.25, 0.3) is 5.91 Å². The van der Waals surface area contributed by atoms with E-state index in [4.69, 9.17) is 9.47 Å². The van der Waals surface area contributed by atoms with Crippen molar-refractivity contribution >= 4 is 46.3 Å². The largest absolute Gasteiger partial charge is 0.490 e. The maximum absolute atomic E-state index is 13.0. The quantitative estimate of drug-likeness (QED) is 0.203. The lowest BCUT2D eigenvalue weighted by Crippen LogP contribution is -2.21. The number of ether oxygens (including phenoxy) is 2. The number of hydrogen-bond donors (Lipinski definition) is 2. The summed E-state index contributed by atoms with van der Waals surface area (Å²) in [4.78, 5) is 24.3. The predicted octanol–water partition coefficient (Wildman–Crippen LogP) is 4.68. The second-order valence-electron chi connectivity index (χ2n) is 7.20. The molecule has 7 nitrogen and oxygen atoms in total. The number of benzene rings is 3. The van der Waals surface area contributed by atoms with Crippen molar-refractivity contribution < 1.29 is 27.8 Å². The molecule has 182 valence electrons. The van der Waals surface area contributed by atoms with Crippen LogP contribution in [0, 0.1) is 15.2 Å². The van der Waals surface area contributed by atoms with Crippen molar-refractivity contribution in [3.8, 4) is 11.5 Å². The molecule has 0 fully saturated rings. The molecule has 0 bridgehead atoms. The Hall–Kier alpha value is -3.54. The van der Waals surface area contributed by atoms with Crippen LogP contribution in [0.4, 0.5) is 14.5 Å². The molecule has 0 unspecified atom stereocenters. The molecule has 0 aromatic heterocycles. The lowest BCUT2D eigenvalue weighted by atomic mass is 10.1. The summed E-state index contributed by atoms with van der Waals surface area (Å²) >= 11 is 2.05. The number of nitrogens with zero attached hydrogens (tertiary/aromatic N) is 1. The standard InChI is InChI=1S/C25H22F2IN3O4/c1-2-34-22-12-17(14-29-31-23(32)13-16-3-5-18(26)6-4-16)11-21(28)25(22)35-15-24(33)30-20-9-7-19(27)8-10-20/h3-12,14H,2,13,15H2,1H3,(H,30,33)(H,31,32)/b29-14+. The summed E-state index contributed by atoms with van der Waals surface area (Å²) in [5.41, 5.74) is 4.19. The van der Waals surface area contributed by atoms with Gasteiger partial charge in [-0.05, 0) is 89.2 Å². The third kappa shape index (κ3) is 8.32. The fourth-order valence-electron chi connectivity index (χ4n) is 2.94. The highest BCUT2D eigenvalue weighted by molar-refractivity contribution is 14.1. The lowest BCUT2D eigenvalue weighted by Gasteiger charge is -2.14. The zero-order valence-electron chi connectivity index (χ0n) is 18.7. The average molecular weight is 593 g/mol. The number of hydrazone groups is 1. The summed E-state index contributed by atoms with van der Waals surface area (Å²) in [7, 11) is 0. The van der Waals surface area contributed by atoms with Crippen LogP contribution in [0.15, 0.2) is 65.8 Å². The van der Waals surface area contributed by atoms with E-state index in [1.54, 1.807) is 12.1 Å². The summed E-state index contributed by atoms with van der Waals surface area (Å²) in [5, 5.41) is 6.59. The van der Waals surface area contributed by atoms with Gasteiger partial charge in [-0.2, -0.15) is 5.10 Å². The maximum atomic E-state index is 13.0. The average Bonchev–Trinajstić information content (AvgIpc) is 2.82. The summed E-state index contributed by atoms with van der Waals surface area (Å²) in [6, 6.07) is 14.5. The first kappa shape index (κ1) is 26.1. The summed E-state index contributed by atoms with van der Waals surface area (Å²) in [6.07, 6.45) is 1.52. The Morgan fingerprint density at radius 2 is 1.63 bits per heavy atom. The van der Waals surface area contributed by atoms with Crippen LogP contribution in [-0.4, -0.2) is 31.2 Å². The van der Waals surface area contributed by atoms with Gasteiger partial charge < -0.3 is 14.8 Å². The highest BCUT2D eigenvalue weighted by atomic mass is 127. The van der Waals surface area contributed by atoms with Crippen LogP contribution >= 0.6 is 22.6 Å². The number of amides is 2. The molecule has 3 aromatic carbocycles. The minimum absolute atomic E-state index is 0.0616. The Kier molecular flexibility index (Phi) is 9.53. The van der Waals surface area contributed by atoms with Crippen molar-refractivity contribution in [2.24, 2.45) is 5.10 Å². The van der Waals surface area contributed by atoms with Gasteiger partial charge in [0.15, 0.2) is 18.1 Å². The first-order valence-corrected chi connectivity index (χ1v) is 11.6. The summed E-state index contributed by atoms with van der Waals surface area (Å²) in [5.74, 6) is -0.726. The van der Waals surface area contributed by atoms with Gasteiger partial charge in [-0.3, -0.25) is 9.59 Å². The van der Waals surface area contributed by atoms with E-state index in [-0.39, 0.29) is 24.8 Å². The minimum Gasteiger partial charge on any atom is -0.490 e. The van der Waals surface area contributed by atoms with Gasteiger partial charge in [-0.1, -0.05) is 12.1 Å². The second kappa shape index (κ2) is 12.8. The lowest BCUT2D eigenvalue weighted by molar-refractivity contribution is -0.120. The highest BCUT2D eigenvalue weighted by Crippen LogP contribution is 2.34. The fourth-order valence-corrected chi connectivity index (χ4v) is 3.72. The van der Waals surface area contributed by atoms with Gasteiger partial charge in [-0.25, -0.2) is 14.2 Å². The first-order chi connectivity index (χ1) is 16.8. The van der Waals surface area contributed by atoms with Crippen molar-refractivity contribution in [1.82, 2.24) is 5.43 Å². The van der Waals surface area contributed by atoms with E-state index in [1.807, 2.05) is 6.92 Å². The van der Waals surface area contributed by atoms with E-state index in [0.29, 0.717) is 38.5 Å². The van der Waals surface area contributed by atoms with Crippen LogP contribution in [0.5, 0.6) is 11.5 Å². The Bertz CT molecular complexity index is 1200. The Balaban J connectivity index is 1.60.